The van der Waals surface area contributed by atoms with Crippen LogP contribution >= 0.6 is 0 Å². The molecule has 0 bridgehead atoms. The van der Waals surface area contributed by atoms with Crippen molar-refractivity contribution in [1.29, 1.82) is 0 Å². The van der Waals surface area contributed by atoms with Crippen LogP contribution in [-0.4, -0.2) is 33.0 Å². The predicted molar refractivity (Wildman–Crippen MR) is 67.0 cm³/mol. The fourth-order valence-electron chi connectivity index (χ4n) is 1.45. The number of primary sulfonamides is 1. The van der Waals surface area contributed by atoms with E-state index in [9.17, 15) is 23.3 Å². The van der Waals surface area contributed by atoms with Crippen LogP contribution in [0.2, 0.25) is 0 Å². The van der Waals surface area contributed by atoms with E-state index in [0.29, 0.717) is 0 Å². The minimum absolute atomic E-state index is 0.0412. The second kappa shape index (κ2) is 5.84. The summed E-state index contributed by atoms with van der Waals surface area (Å²) in [6, 6.07) is 1.60. The fraction of sp³-hybridized carbons (Fsp3) is 0.300. The minimum atomic E-state index is -4.22. The summed E-state index contributed by atoms with van der Waals surface area (Å²) in [5.41, 5.74) is -1.06. The molecule has 0 aliphatic heterocycles. The normalized spacial score (nSPS) is 10.9. The second-order valence-corrected chi connectivity index (χ2v) is 5.11. The molecule has 0 saturated carbocycles. The van der Waals surface area contributed by atoms with Gasteiger partial charge in [0.25, 0.3) is 0 Å². The largest absolute Gasteiger partial charge is 0.487 e. The van der Waals surface area contributed by atoms with Crippen molar-refractivity contribution >= 4 is 21.7 Å². The molecule has 1 rings (SSSR count). The molecule has 2 N–H and O–H groups in total. The Hall–Kier alpha value is -2.20. The maximum absolute atomic E-state index is 11.6. The molecule has 0 heterocycles. The molecular weight excluding hydrogens is 292 g/mol. The average Bonchev–Trinajstić information content (AvgIpc) is 2.36. The summed E-state index contributed by atoms with van der Waals surface area (Å²) in [5, 5.41) is 15.9. The van der Waals surface area contributed by atoms with E-state index in [1.165, 1.54) is 0 Å². The Balaban J connectivity index is 3.72. The van der Waals surface area contributed by atoms with Gasteiger partial charge in [0.2, 0.25) is 15.8 Å². The lowest BCUT2D eigenvalue weighted by Crippen LogP contribution is -2.15. The van der Waals surface area contributed by atoms with Crippen LogP contribution in [-0.2, 0) is 14.8 Å². The van der Waals surface area contributed by atoms with Gasteiger partial charge in [0.05, 0.1) is 23.5 Å². The van der Waals surface area contributed by atoms with Crippen LogP contribution in [0.1, 0.15) is 17.3 Å². The smallest absolute Gasteiger partial charge is 0.341 e. The number of nitro groups is 1. The van der Waals surface area contributed by atoms with Crippen molar-refractivity contribution in [1.82, 2.24) is 0 Å². The van der Waals surface area contributed by atoms with Crippen molar-refractivity contribution in [2.45, 2.75) is 11.8 Å². The molecule has 0 atom stereocenters. The SMILES string of the molecule is CCOc1c(C(=O)OC)cc(S(N)(=O)=O)cc1[N+](=O)[O-]. The van der Waals surface area contributed by atoms with Crippen molar-refractivity contribution in [3.05, 3.63) is 27.8 Å². The van der Waals surface area contributed by atoms with Crippen molar-refractivity contribution < 1.29 is 27.6 Å². The van der Waals surface area contributed by atoms with E-state index in [-0.39, 0.29) is 17.9 Å². The highest BCUT2D eigenvalue weighted by atomic mass is 32.2. The van der Waals surface area contributed by atoms with Crippen LogP contribution in [0, 0.1) is 10.1 Å². The van der Waals surface area contributed by atoms with Crippen LogP contribution in [0.25, 0.3) is 0 Å². The number of esters is 1. The molecular formula is C10H12N2O7S. The highest BCUT2D eigenvalue weighted by Gasteiger charge is 2.28. The number of rotatable bonds is 5. The van der Waals surface area contributed by atoms with Crippen molar-refractivity contribution in [3.8, 4) is 5.75 Å². The first kappa shape index (κ1) is 15.9. The van der Waals surface area contributed by atoms with Crippen LogP contribution < -0.4 is 9.88 Å². The summed E-state index contributed by atoms with van der Waals surface area (Å²) < 4.78 is 32.1. The van der Waals surface area contributed by atoms with Gasteiger partial charge in [-0.05, 0) is 13.0 Å². The summed E-state index contributed by atoms with van der Waals surface area (Å²) in [6.07, 6.45) is 0. The molecule has 0 fully saturated rings. The van der Waals surface area contributed by atoms with Crippen LogP contribution in [0.3, 0.4) is 0 Å². The van der Waals surface area contributed by atoms with Gasteiger partial charge in [0.1, 0.15) is 5.56 Å². The van der Waals surface area contributed by atoms with Crippen LogP contribution in [0.15, 0.2) is 17.0 Å². The molecule has 0 aliphatic carbocycles. The first-order valence-electron chi connectivity index (χ1n) is 5.28. The van der Waals surface area contributed by atoms with E-state index in [1.54, 1.807) is 6.92 Å². The standard InChI is InChI=1S/C10H12N2O7S/c1-3-19-9-7(10(13)18-2)4-6(20(11,16)17)5-8(9)12(14)15/h4-5H,3H2,1-2H3,(H2,11,16,17). The van der Waals surface area contributed by atoms with Crippen LogP contribution in [0.5, 0.6) is 5.75 Å². The topological polar surface area (TPSA) is 139 Å². The first-order valence-corrected chi connectivity index (χ1v) is 6.83. The number of nitro benzene ring substituents is 1. The molecule has 9 nitrogen and oxygen atoms in total. The van der Waals surface area contributed by atoms with E-state index >= 15 is 0 Å². The van der Waals surface area contributed by atoms with Crippen LogP contribution in [0.4, 0.5) is 5.69 Å². The van der Waals surface area contributed by atoms with Gasteiger partial charge >= 0.3 is 11.7 Å². The third-order valence-corrected chi connectivity index (χ3v) is 3.15. The van der Waals surface area contributed by atoms with E-state index in [4.69, 9.17) is 9.88 Å². The Bertz CT molecular complexity index is 654. The number of carbonyl (C=O) groups is 1. The zero-order valence-electron chi connectivity index (χ0n) is 10.7. The summed E-state index contributed by atoms with van der Waals surface area (Å²) >= 11 is 0. The Morgan fingerprint density at radius 2 is 2.05 bits per heavy atom. The average molecular weight is 304 g/mol. The lowest BCUT2D eigenvalue weighted by molar-refractivity contribution is -0.386. The van der Waals surface area contributed by atoms with Crippen molar-refractivity contribution in [3.63, 3.8) is 0 Å². The summed E-state index contributed by atoms with van der Waals surface area (Å²) in [5.74, 6) is -1.33. The molecule has 0 spiro atoms. The molecule has 0 aromatic heterocycles. The van der Waals surface area contributed by atoms with Gasteiger partial charge in [-0.2, -0.15) is 0 Å². The van der Waals surface area contributed by atoms with Gasteiger partial charge in [-0.3, -0.25) is 10.1 Å². The number of hydrogen-bond acceptors (Lipinski definition) is 7. The number of methoxy groups -OCH3 is 1. The predicted octanol–water partition coefficient (Wildman–Crippen LogP) is 0.428. The monoisotopic (exact) mass is 304 g/mol. The van der Waals surface area contributed by atoms with Gasteiger partial charge in [-0.15, -0.1) is 0 Å². The van der Waals surface area contributed by atoms with E-state index in [2.05, 4.69) is 4.74 Å². The number of nitrogens with zero attached hydrogens (tertiary/aromatic N) is 1. The highest BCUT2D eigenvalue weighted by molar-refractivity contribution is 7.89. The van der Waals surface area contributed by atoms with Gasteiger partial charge in [0.15, 0.2) is 0 Å². The molecule has 0 saturated heterocycles. The van der Waals surface area contributed by atoms with Gasteiger partial charge in [0, 0.05) is 6.07 Å². The minimum Gasteiger partial charge on any atom is -0.487 e. The molecule has 1 aromatic carbocycles. The van der Waals surface area contributed by atoms with Gasteiger partial charge in [-0.1, -0.05) is 0 Å². The van der Waals surface area contributed by atoms with Gasteiger partial charge in [-0.25, -0.2) is 18.4 Å². The van der Waals surface area contributed by atoms with E-state index < -0.39 is 31.5 Å². The Morgan fingerprint density at radius 3 is 2.45 bits per heavy atom. The Kier molecular flexibility index (Phi) is 4.63. The fourth-order valence-corrected chi connectivity index (χ4v) is 2.00. The lowest BCUT2D eigenvalue weighted by Gasteiger charge is -2.10. The second-order valence-electron chi connectivity index (χ2n) is 3.55. The first-order chi connectivity index (χ1) is 9.22. The number of hydrogen-bond donors (Lipinski definition) is 1. The summed E-state index contributed by atoms with van der Waals surface area (Å²) in [6.45, 7) is 1.60. The molecule has 0 aliphatic rings. The summed E-state index contributed by atoms with van der Waals surface area (Å²) in [7, 11) is -3.17. The molecule has 0 amide bonds. The number of nitrogens with two attached hydrogens (primary N) is 1. The maximum Gasteiger partial charge on any atom is 0.341 e. The lowest BCUT2D eigenvalue weighted by atomic mass is 10.1. The Morgan fingerprint density at radius 1 is 1.45 bits per heavy atom. The number of sulfonamides is 1. The Labute approximate surface area is 114 Å². The number of ether oxygens (including phenoxy) is 2. The van der Waals surface area contributed by atoms with Crippen molar-refractivity contribution in [2.75, 3.05) is 13.7 Å². The molecule has 0 unspecified atom stereocenters. The van der Waals surface area contributed by atoms with Crippen molar-refractivity contribution in [2.24, 2.45) is 5.14 Å². The zero-order chi connectivity index (χ0) is 15.5. The van der Waals surface area contributed by atoms with E-state index in [0.717, 1.165) is 19.2 Å². The highest BCUT2D eigenvalue weighted by Crippen LogP contribution is 2.34. The molecule has 10 heteroatoms. The number of benzene rings is 1. The molecule has 20 heavy (non-hydrogen) atoms. The molecule has 1 aromatic rings. The van der Waals surface area contributed by atoms with E-state index in [1.807, 2.05) is 0 Å². The van der Waals surface area contributed by atoms with Gasteiger partial charge < -0.3 is 9.47 Å². The third kappa shape index (κ3) is 3.22. The molecule has 0 radical (unpaired) electrons. The summed E-state index contributed by atoms with van der Waals surface area (Å²) in [4.78, 5) is 21.1. The number of carbonyl (C=O) groups excluding carboxylic acids is 1. The third-order valence-electron chi connectivity index (χ3n) is 2.26. The maximum atomic E-state index is 11.6. The quantitative estimate of drug-likeness (QED) is 0.472. The molecule has 110 valence electrons. The zero-order valence-corrected chi connectivity index (χ0v) is 11.5.